The van der Waals surface area contributed by atoms with Crippen LogP contribution in [0.4, 0.5) is 0 Å². The fourth-order valence-electron chi connectivity index (χ4n) is 2.10. The number of esters is 1. The Labute approximate surface area is 113 Å². The quantitative estimate of drug-likeness (QED) is 0.557. The number of carbonyl (C=O) groups excluding carboxylic acids is 3. The third kappa shape index (κ3) is 4.13. The predicted molar refractivity (Wildman–Crippen MR) is 68.5 cm³/mol. The highest BCUT2D eigenvalue weighted by Gasteiger charge is 2.38. The molecule has 0 amide bonds. The van der Waals surface area contributed by atoms with E-state index >= 15 is 0 Å². The second kappa shape index (κ2) is 6.28. The number of hydrogen-bond acceptors (Lipinski definition) is 5. The molecule has 1 rings (SSSR count). The lowest BCUT2D eigenvalue weighted by Gasteiger charge is -2.23. The van der Waals surface area contributed by atoms with E-state index in [1.165, 1.54) is 7.11 Å². The average Bonchev–Trinajstić information content (AvgIpc) is 2.86. The summed E-state index contributed by atoms with van der Waals surface area (Å²) in [7, 11) is 1.23. The molecule has 0 aromatic rings. The second-order valence-electron chi connectivity index (χ2n) is 5.92. The predicted octanol–water partition coefficient (Wildman–Crippen LogP) is 1.39. The van der Waals surface area contributed by atoms with Crippen LogP contribution in [-0.4, -0.2) is 37.9 Å². The van der Waals surface area contributed by atoms with Gasteiger partial charge in [-0.15, -0.1) is 0 Å². The summed E-state index contributed by atoms with van der Waals surface area (Å²) < 4.78 is 9.80. The van der Waals surface area contributed by atoms with Crippen molar-refractivity contribution in [1.29, 1.82) is 0 Å². The first-order valence-electron chi connectivity index (χ1n) is 6.50. The van der Waals surface area contributed by atoms with Crippen LogP contribution in [0.15, 0.2) is 0 Å². The Morgan fingerprint density at radius 2 is 1.95 bits per heavy atom. The van der Waals surface area contributed by atoms with Crippen molar-refractivity contribution in [3.05, 3.63) is 0 Å². The summed E-state index contributed by atoms with van der Waals surface area (Å²) in [6.45, 7) is 6.14. The highest BCUT2D eigenvalue weighted by molar-refractivity contribution is 6.04. The van der Waals surface area contributed by atoms with Crippen molar-refractivity contribution in [3.63, 3.8) is 0 Å². The van der Waals surface area contributed by atoms with Gasteiger partial charge >= 0.3 is 5.97 Å². The summed E-state index contributed by atoms with van der Waals surface area (Å²) >= 11 is 0. The zero-order valence-electron chi connectivity index (χ0n) is 12.0. The summed E-state index contributed by atoms with van der Waals surface area (Å²) in [5, 5.41) is 0. The van der Waals surface area contributed by atoms with Crippen molar-refractivity contribution in [1.82, 2.24) is 0 Å². The topological polar surface area (TPSA) is 69.7 Å². The lowest BCUT2D eigenvalue weighted by Crippen LogP contribution is -2.36. The van der Waals surface area contributed by atoms with E-state index in [9.17, 15) is 14.4 Å². The Morgan fingerprint density at radius 3 is 2.37 bits per heavy atom. The van der Waals surface area contributed by atoms with Crippen molar-refractivity contribution in [2.45, 2.75) is 33.6 Å². The highest BCUT2D eigenvalue weighted by Crippen LogP contribution is 2.26. The van der Waals surface area contributed by atoms with Crippen molar-refractivity contribution < 1.29 is 23.9 Å². The molecule has 0 N–H and O–H groups in total. The van der Waals surface area contributed by atoms with Gasteiger partial charge in [0.05, 0.1) is 13.7 Å². The van der Waals surface area contributed by atoms with Crippen molar-refractivity contribution in [3.8, 4) is 0 Å². The van der Waals surface area contributed by atoms with Crippen LogP contribution in [0.5, 0.6) is 0 Å². The number of rotatable bonds is 5. The highest BCUT2D eigenvalue weighted by atomic mass is 16.5. The summed E-state index contributed by atoms with van der Waals surface area (Å²) in [4.78, 5) is 36.0. The van der Waals surface area contributed by atoms with Crippen LogP contribution in [0.1, 0.15) is 33.6 Å². The molecule has 5 nitrogen and oxygen atoms in total. The molecule has 2 unspecified atom stereocenters. The Balaban J connectivity index is 2.77. The van der Waals surface area contributed by atoms with E-state index in [2.05, 4.69) is 4.74 Å². The van der Waals surface area contributed by atoms with Crippen LogP contribution < -0.4 is 0 Å². The van der Waals surface area contributed by atoms with Crippen LogP contribution in [0, 0.1) is 17.3 Å². The molecule has 2 atom stereocenters. The number of methoxy groups -OCH3 is 1. The van der Waals surface area contributed by atoms with Crippen LogP contribution >= 0.6 is 0 Å². The monoisotopic (exact) mass is 270 g/mol. The fourth-order valence-corrected chi connectivity index (χ4v) is 2.10. The van der Waals surface area contributed by atoms with Gasteiger partial charge in [-0.3, -0.25) is 14.4 Å². The lowest BCUT2D eigenvalue weighted by molar-refractivity contribution is -0.154. The second-order valence-corrected chi connectivity index (χ2v) is 5.92. The normalized spacial score (nSPS) is 20.9. The number of ketones is 2. The van der Waals surface area contributed by atoms with Crippen LogP contribution in [0.3, 0.4) is 0 Å². The summed E-state index contributed by atoms with van der Waals surface area (Å²) in [5.41, 5.74) is -0.675. The maximum atomic E-state index is 12.2. The summed E-state index contributed by atoms with van der Waals surface area (Å²) in [6, 6.07) is 0. The maximum absolute atomic E-state index is 12.2. The van der Waals surface area contributed by atoms with E-state index < -0.39 is 17.3 Å². The molecule has 0 aliphatic carbocycles. The van der Waals surface area contributed by atoms with E-state index in [1.807, 2.05) is 0 Å². The molecule has 1 aliphatic rings. The summed E-state index contributed by atoms with van der Waals surface area (Å²) in [6.07, 6.45) is 0.577. The van der Waals surface area contributed by atoms with Gasteiger partial charge in [-0.05, 0) is 6.42 Å². The zero-order valence-corrected chi connectivity index (χ0v) is 12.0. The van der Waals surface area contributed by atoms with E-state index in [0.29, 0.717) is 19.6 Å². The third-order valence-corrected chi connectivity index (χ3v) is 3.33. The number of carbonyl (C=O) groups is 3. The Morgan fingerprint density at radius 1 is 1.32 bits per heavy atom. The Hall–Kier alpha value is -1.23. The van der Waals surface area contributed by atoms with Crippen LogP contribution in [-0.2, 0) is 23.9 Å². The molecule has 0 bridgehead atoms. The SMILES string of the molecule is COC(=O)C(CC(=O)C1CCOC1)C(=O)C(C)(C)C. The molecular formula is C14H22O5. The van der Waals surface area contributed by atoms with Crippen molar-refractivity contribution >= 4 is 17.5 Å². The van der Waals surface area contributed by atoms with E-state index in [0.717, 1.165) is 0 Å². The number of ether oxygens (including phenoxy) is 2. The Kier molecular flexibility index (Phi) is 5.23. The van der Waals surface area contributed by atoms with Gasteiger partial charge in [-0.1, -0.05) is 20.8 Å². The smallest absolute Gasteiger partial charge is 0.316 e. The largest absolute Gasteiger partial charge is 0.468 e. The van der Waals surface area contributed by atoms with Crippen LogP contribution in [0.25, 0.3) is 0 Å². The zero-order chi connectivity index (χ0) is 14.6. The van der Waals surface area contributed by atoms with Gasteiger partial charge in [0.25, 0.3) is 0 Å². The number of hydrogen-bond donors (Lipinski definition) is 0. The van der Waals surface area contributed by atoms with E-state index in [4.69, 9.17) is 4.74 Å². The first-order chi connectivity index (χ1) is 8.77. The third-order valence-electron chi connectivity index (χ3n) is 3.33. The Bertz CT molecular complexity index is 361. The molecule has 0 radical (unpaired) electrons. The van der Waals surface area contributed by atoms with Gasteiger partial charge < -0.3 is 9.47 Å². The molecular weight excluding hydrogens is 248 g/mol. The molecule has 108 valence electrons. The first kappa shape index (κ1) is 15.8. The lowest BCUT2D eigenvalue weighted by atomic mass is 9.79. The summed E-state index contributed by atoms with van der Waals surface area (Å²) in [5.74, 6) is -2.18. The molecule has 0 aromatic heterocycles. The molecule has 5 heteroatoms. The first-order valence-corrected chi connectivity index (χ1v) is 6.50. The minimum atomic E-state index is -1.00. The van der Waals surface area contributed by atoms with Gasteiger partial charge in [0.15, 0.2) is 5.78 Å². The minimum absolute atomic E-state index is 0.0865. The standard InChI is InChI=1S/C14H22O5/c1-14(2,3)12(16)10(13(17)18-4)7-11(15)9-5-6-19-8-9/h9-10H,5-8H2,1-4H3. The van der Waals surface area contributed by atoms with Crippen molar-refractivity contribution in [2.24, 2.45) is 17.3 Å². The number of Topliss-reactive ketones (excluding diaryl/α,β-unsaturated/α-hetero) is 2. The molecule has 1 aliphatic heterocycles. The molecule has 1 fully saturated rings. The van der Waals surface area contributed by atoms with Gasteiger partial charge in [-0.25, -0.2) is 0 Å². The molecule has 0 saturated carbocycles. The van der Waals surface area contributed by atoms with Gasteiger partial charge in [-0.2, -0.15) is 0 Å². The molecule has 19 heavy (non-hydrogen) atoms. The minimum Gasteiger partial charge on any atom is -0.468 e. The molecule has 0 aromatic carbocycles. The van der Waals surface area contributed by atoms with Crippen LogP contribution in [0.2, 0.25) is 0 Å². The van der Waals surface area contributed by atoms with Crippen molar-refractivity contribution in [2.75, 3.05) is 20.3 Å². The van der Waals surface area contributed by atoms with Gasteiger partial charge in [0.2, 0.25) is 0 Å². The van der Waals surface area contributed by atoms with Gasteiger partial charge in [0, 0.05) is 24.4 Å². The fraction of sp³-hybridized carbons (Fsp3) is 0.786. The maximum Gasteiger partial charge on any atom is 0.316 e. The van der Waals surface area contributed by atoms with Gasteiger partial charge in [0.1, 0.15) is 11.7 Å². The van der Waals surface area contributed by atoms with E-state index in [-0.39, 0.29) is 23.9 Å². The molecule has 1 saturated heterocycles. The molecule has 0 spiro atoms. The molecule has 1 heterocycles. The van der Waals surface area contributed by atoms with E-state index in [1.54, 1.807) is 20.8 Å². The average molecular weight is 270 g/mol.